The summed E-state index contributed by atoms with van der Waals surface area (Å²) in [4.78, 5) is 0. The zero-order chi connectivity index (χ0) is 13.6. The minimum absolute atomic E-state index is 0.658. The van der Waals surface area contributed by atoms with Crippen LogP contribution in [0.4, 0.5) is 0 Å². The molecule has 0 bridgehead atoms. The summed E-state index contributed by atoms with van der Waals surface area (Å²) >= 11 is 0. The fourth-order valence-corrected chi connectivity index (χ4v) is 9.01. The second-order valence-corrected chi connectivity index (χ2v) is 23.8. The molecule has 0 saturated carbocycles. The second-order valence-electron chi connectivity index (χ2n) is 8.44. The summed E-state index contributed by atoms with van der Waals surface area (Å²) in [5.74, 6) is 0. The topological polar surface area (TPSA) is 0 Å². The van der Waals surface area contributed by atoms with Gasteiger partial charge in [-0.2, -0.15) is 0 Å². The lowest BCUT2D eigenvalue weighted by Crippen LogP contribution is -2.33. The third-order valence-corrected chi connectivity index (χ3v) is 9.77. The van der Waals surface area contributed by atoms with E-state index in [0.717, 1.165) is 0 Å². The van der Waals surface area contributed by atoms with E-state index in [2.05, 4.69) is 71.1 Å². The lowest BCUT2D eigenvalue weighted by Gasteiger charge is -2.28. The standard InChI is InChI=1S/C14H29Si3/c1-15(2,3)12-10-13(16(4,5)6)14(11-12)17(7,8)9/h10,12H,1-9H3. The molecule has 1 rings (SSSR count). The molecule has 0 aliphatic heterocycles. The van der Waals surface area contributed by atoms with Crippen molar-refractivity contribution >= 4 is 24.2 Å². The third-order valence-electron chi connectivity index (χ3n) is 3.39. The molecule has 0 spiro atoms. The van der Waals surface area contributed by atoms with Crippen LogP contribution in [0.1, 0.15) is 0 Å². The Morgan fingerprint density at radius 2 is 1.29 bits per heavy atom. The molecule has 0 amide bonds. The molecule has 17 heavy (non-hydrogen) atoms. The van der Waals surface area contributed by atoms with Crippen molar-refractivity contribution in [3.05, 3.63) is 22.5 Å². The van der Waals surface area contributed by atoms with Crippen molar-refractivity contribution in [3.63, 3.8) is 0 Å². The van der Waals surface area contributed by atoms with E-state index in [1.807, 2.05) is 0 Å². The molecule has 0 N–H and O–H groups in total. The molecule has 1 aliphatic rings. The van der Waals surface area contributed by atoms with Gasteiger partial charge in [-0.1, -0.05) is 75.4 Å². The number of rotatable bonds is 3. The minimum Gasteiger partial charge on any atom is -0.0806 e. The summed E-state index contributed by atoms with van der Waals surface area (Å²) in [5.41, 5.74) is 0.658. The average Bonchev–Trinajstić information content (AvgIpc) is 2.42. The maximum atomic E-state index is 3.91. The second kappa shape index (κ2) is 4.35. The monoisotopic (exact) mass is 281 g/mol. The first-order valence-corrected chi connectivity index (χ1v) is 17.3. The van der Waals surface area contributed by atoms with Gasteiger partial charge in [-0.05, 0) is 11.6 Å². The molecule has 97 valence electrons. The van der Waals surface area contributed by atoms with Gasteiger partial charge in [-0.3, -0.25) is 0 Å². The molecule has 3 heteroatoms. The van der Waals surface area contributed by atoms with Gasteiger partial charge in [0, 0.05) is 0 Å². The Kier molecular flexibility index (Phi) is 3.89. The summed E-state index contributed by atoms with van der Waals surface area (Å²) in [6.07, 6.45) is 6.51. The first-order chi connectivity index (χ1) is 7.33. The van der Waals surface area contributed by atoms with Crippen molar-refractivity contribution < 1.29 is 0 Å². The quantitative estimate of drug-likeness (QED) is 0.630. The molecule has 0 aromatic carbocycles. The van der Waals surface area contributed by atoms with Gasteiger partial charge < -0.3 is 0 Å². The highest BCUT2D eigenvalue weighted by Gasteiger charge is 2.38. The van der Waals surface area contributed by atoms with Gasteiger partial charge in [0.2, 0.25) is 0 Å². The number of hydrogen-bond acceptors (Lipinski definition) is 0. The van der Waals surface area contributed by atoms with Gasteiger partial charge >= 0.3 is 0 Å². The van der Waals surface area contributed by atoms with Crippen LogP contribution in [-0.4, -0.2) is 24.2 Å². The molecule has 0 aromatic rings. The van der Waals surface area contributed by atoms with E-state index in [9.17, 15) is 0 Å². The first kappa shape index (κ1) is 15.2. The summed E-state index contributed by atoms with van der Waals surface area (Å²) in [6, 6.07) is 0. The smallest absolute Gasteiger partial charge is 0.0778 e. The van der Waals surface area contributed by atoms with Crippen molar-refractivity contribution in [2.75, 3.05) is 0 Å². The maximum absolute atomic E-state index is 3.91. The van der Waals surface area contributed by atoms with Crippen LogP contribution >= 0.6 is 0 Å². The van der Waals surface area contributed by atoms with Gasteiger partial charge in [0.1, 0.15) is 0 Å². The van der Waals surface area contributed by atoms with E-state index in [-0.39, 0.29) is 0 Å². The van der Waals surface area contributed by atoms with Gasteiger partial charge in [-0.15, -0.1) is 0 Å². The SMILES string of the molecule is C[Si](C)(C)C1=[C]C([Si](C)(C)C)C=C1[Si](C)(C)C. The molecular formula is C14H29Si3. The minimum atomic E-state index is -1.22. The molecule has 1 aliphatic carbocycles. The number of allylic oxidation sites excluding steroid dienone is 4. The van der Waals surface area contributed by atoms with Crippen LogP contribution in [0.25, 0.3) is 0 Å². The molecule has 0 saturated heterocycles. The highest BCUT2D eigenvalue weighted by atomic mass is 28.3. The zero-order valence-electron chi connectivity index (χ0n) is 13.2. The maximum Gasteiger partial charge on any atom is 0.0778 e. The Labute approximate surface area is 111 Å². The Morgan fingerprint density at radius 1 is 0.824 bits per heavy atom. The van der Waals surface area contributed by atoms with E-state index in [1.54, 1.807) is 10.4 Å². The third kappa shape index (κ3) is 3.55. The summed E-state index contributed by atoms with van der Waals surface area (Å²) in [7, 11) is -3.55. The van der Waals surface area contributed by atoms with Gasteiger partial charge in [0.25, 0.3) is 0 Å². The lowest BCUT2D eigenvalue weighted by molar-refractivity contribution is 1.25. The molecule has 1 atom stereocenters. The summed E-state index contributed by atoms with van der Waals surface area (Å²) in [6.45, 7) is 22.2. The van der Waals surface area contributed by atoms with Crippen LogP contribution in [-0.2, 0) is 0 Å². The molecular weight excluding hydrogens is 252 g/mol. The molecule has 0 nitrogen and oxygen atoms in total. The van der Waals surface area contributed by atoms with Crippen LogP contribution in [0.15, 0.2) is 16.5 Å². The fourth-order valence-electron chi connectivity index (χ4n) is 2.24. The van der Waals surface area contributed by atoms with Gasteiger partial charge in [-0.25, -0.2) is 0 Å². The number of hydrogen-bond donors (Lipinski definition) is 0. The molecule has 1 radical (unpaired) electrons. The highest BCUT2D eigenvalue weighted by Crippen LogP contribution is 2.41. The Bertz CT molecular complexity index is 326. The Hall–Kier alpha value is 0.131. The molecule has 0 aromatic heterocycles. The normalized spacial score (nSPS) is 19.4. The van der Waals surface area contributed by atoms with E-state index in [4.69, 9.17) is 0 Å². The van der Waals surface area contributed by atoms with E-state index in [1.165, 1.54) is 0 Å². The van der Waals surface area contributed by atoms with E-state index < -0.39 is 24.2 Å². The lowest BCUT2D eigenvalue weighted by atomic mass is 10.5. The van der Waals surface area contributed by atoms with Crippen molar-refractivity contribution in [1.29, 1.82) is 0 Å². The fraction of sp³-hybridized carbons (Fsp3) is 0.714. The molecule has 0 fully saturated rings. The van der Waals surface area contributed by atoms with Crippen molar-refractivity contribution in [1.82, 2.24) is 0 Å². The Morgan fingerprint density at radius 3 is 1.53 bits per heavy atom. The van der Waals surface area contributed by atoms with Crippen LogP contribution in [0.3, 0.4) is 0 Å². The summed E-state index contributed by atoms with van der Waals surface area (Å²) in [5, 5.41) is 3.38. The highest BCUT2D eigenvalue weighted by molar-refractivity contribution is 6.92. The predicted octanol–water partition coefficient (Wildman–Crippen LogP) is 5.12. The van der Waals surface area contributed by atoms with E-state index >= 15 is 0 Å². The Balaban J connectivity index is 3.24. The molecule has 1 unspecified atom stereocenters. The summed E-state index contributed by atoms with van der Waals surface area (Å²) < 4.78 is 0. The zero-order valence-corrected chi connectivity index (χ0v) is 16.2. The van der Waals surface area contributed by atoms with Gasteiger partial charge in [0.05, 0.1) is 24.2 Å². The van der Waals surface area contributed by atoms with Crippen molar-refractivity contribution in [2.45, 2.75) is 64.5 Å². The van der Waals surface area contributed by atoms with Crippen LogP contribution < -0.4 is 0 Å². The van der Waals surface area contributed by atoms with Crippen LogP contribution in [0.5, 0.6) is 0 Å². The van der Waals surface area contributed by atoms with Crippen LogP contribution in [0.2, 0.25) is 64.5 Å². The predicted molar refractivity (Wildman–Crippen MR) is 88.6 cm³/mol. The van der Waals surface area contributed by atoms with Crippen molar-refractivity contribution in [2.24, 2.45) is 0 Å². The first-order valence-electron chi connectivity index (χ1n) is 6.70. The van der Waals surface area contributed by atoms with E-state index in [0.29, 0.717) is 5.54 Å². The van der Waals surface area contributed by atoms with Gasteiger partial charge in [0.15, 0.2) is 0 Å². The molecule has 0 heterocycles. The average molecular weight is 282 g/mol. The van der Waals surface area contributed by atoms with Crippen molar-refractivity contribution in [3.8, 4) is 0 Å². The largest absolute Gasteiger partial charge is 0.0806 e. The van der Waals surface area contributed by atoms with Crippen LogP contribution in [0, 0.1) is 6.08 Å².